The van der Waals surface area contributed by atoms with Crippen LogP contribution >= 0.6 is 0 Å². The van der Waals surface area contributed by atoms with Gasteiger partial charge in [0.25, 0.3) is 5.91 Å². The molecule has 1 aliphatic carbocycles. The van der Waals surface area contributed by atoms with E-state index in [4.69, 9.17) is 14.2 Å². The van der Waals surface area contributed by atoms with Crippen LogP contribution in [0.2, 0.25) is 0 Å². The van der Waals surface area contributed by atoms with Gasteiger partial charge in [0.1, 0.15) is 30.1 Å². The maximum absolute atomic E-state index is 13.2. The van der Waals surface area contributed by atoms with Crippen LogP contribution in [0.3, 0.4) is 0 Å². The minimum atomic E-state index is -0.809. The Kier molecular flexibility index (Phi) is 10.2. The molecule has 2 aromatic rings. The van der Waals surface area contributed by atoms with Crippen molar-refractivity contribution >= 4 is 28.6 Å². The lowest BCUT2D eigenvalue weighted by atomic mass is 9.92. The zero-order chi connectivity index (χ0) is 27.6. The van der Waals surface area contributed by atoms with Gasteiger partial charge >= 0.3 is 0 Å². The highest BCUT2D eigenvalue weighted by molar-refractivity contribution is 6.01. The van der Waals surface area contributed by atoms with E-state index >= 15 is 0 Å². The fraction of sp³-hybridized carbons (Fsp3) is 0.571. The van der Waals surface area contributed by atoms with Crippen molar-refractivity contribution in [1.82, 2.24) is 20.9 Å². The molecule has 1 aliphatic heterocycles. The second kappa shape index (κ2) is 14.0. The summed E-state index contributed by atoms with van der Waals surface area (Å²) in [6.07, 6.45) is 4.30. The van der Waals surface area contributed by atoms with Crippen molar-refractivity contribution in [2.45, 2.75) is 50.6 Å². The highest BCUT2D eigenvalue weighted by Crippen LogP contribution is 2.34. The Balaban J connectivity index is 1.38. The Morgan fingerprint density at radius 2 is 1.95 bits per heavy atom. The summed E-state index contributed by atoms with van der Waals surface area (Å²) < 4.78 is 16.2. The molecule has 1 aromatic carbocycles. The lowest BCUT2D eigenvalue weighted by Gasteiger charge is -2.25. The number of carbonyl (C=O) groups is 3. The topological polar surface area (TPSA) is 155 Å². The number of nitrogens with zero attached hydrogens (tertiary/aromatic N) is 1. The fourth-order valence-corrected chi connectivity index (χ4v) is 4.75. The van der Waals surface area contributed by atoms with E-state index in [1.54, 1.807) is 13.2 Å². The molecule has 11 nitrogen and oxygen atoms in total. The number of rotatable bonds is 15. The predicted octanol–water partition coefficient (Wildman–Crippen LogP) is 2.03. The van der Waals surface area contributed by atoms with Gasteiger partial charge in [0.15, 0.2) is 0 Å². The van der Waals surface area contributed by atoms with Crippen LogP contribution in [0.4, 0.5) is 0 Å². The molecular weight excluding hydrogens is 502 g/mol. The summed E-state index contributed by atoms with van der Waals surface area (Å²) in [5.41, 5.74) is 1.04. The van der Waals surface area contributed by atoms with E-state index in [1.165, 1.54) is 0 Å². The summed E-state index contributed by atoms with van der Waals surface area (Å²) in [6.45, 7) is 2.39. The van der Waals surface area contributed by atoms with E-state index in [0.29, 0.717) is 63.2 Å². The summed E-state index contributed by atoms with van der Waals surface area (Å²) >= 11 is 0. The highest BCUT2D eigenvalue weighted by atomic mass is 16.5. The number of benzene rings is 1. The number of nitriles is 1. The number of methoxy groups -OCH3 is 1. The van der Waals surface area contributed by atoms with Crippen LogP contribution in [0.25, 0.3) is 10.9 Å². The maximum Gasteiger partial charge on any atom is 0.268 e. The molecule has 1 saturated heterocycles. The number of hydrogen-bond acceptors (Lipinski definition) is 7. The molecule has 3 amide bonds. The SMILES string of the molecule is COCCOCCOc1cccc2[nH]c(C(=O)NC(CC3CC3)C(=O)NC(C#N)CC3CCCNC3=O)cc12. The van der Waals surface area contributed by atoms with Crippen LogP contribution in [0, 0.1) is 23.2 Å². The van der Waals surface area contributed by atoms with Gasteiger partial charge in [-0.15, -0.1) is 0 Å². The van der Waals surface area contributed by atoms with Crippen LogP contribution in [0.15, 0.2) is 24.3 Å². The highest BCUT2D eigenvalue weighted by Gasteiger charge is 2.33. The van der Waals surface area contributed by atoms with Gasteiger partial charge in [-0.2, -0.15) is 5.26 Å². The van der Waals surface area contributed by atoms with Gasteiger partial charge in [-0.05, 0) is 49.8 Å². The molecule has 2 fully saturated rings. The third kappa shape index (κ3) is 8.18. The molecule has 0 bridgehead atoms. The minimum absolute atomic E-state index is 0.0839. The number of fused-ring (bicyclic) bond motifs is 1. The summed E-state index contributed by atoms with van der Waals surface area (Å²) in [5.74, 6) is -0.236. The molecule has 4 N–H and O–H groups in total. The molecule has 3 atom stereocenters. The van der Waals surface area contributed by atoms with Crippen molar-refractivity contribution in [3.8, 4) is 11.8 Å². The summed E-state index contributed by atoms with van der Waals surface area (Å²) in [4.78, 5) is 41.6. The average Bonchev–Trinajstić information content (AvgIpc) is 3.64. The number of piperidine rings is 1. The number of nitrogens with one attached hydrogen (secondary N) is 4. The first-order chi connectivity index (χ1) is 19.0. The van der Waals surface area contributed by atoms with Gasteiger partial charge in [0, 0.05) is 30.5 Å². The van der Waals surface area contributed by atoms with Crippen LogP contribution in [-0.2, 0) is 19.1 Å². The number of hydrogen-bond donors (Lipinski definition) is 4. The smallest absolute Gasteiger partial charge is 0.268 e. The molecule has 39 heavy (non-hydrogen) atoms. The second-order valence-electron chi connectivity index (χ2n) is 10.1. The van der Waals surface area contributed by atoms with Crippen molar-refractivity contribution in [2.24, 2.45) is 11.8 Å². The van der Waals surface area contributed by atoms with E-state index in [0.717, 1.165) is 30.2 Å². The van der Waals surface area contributed by atoms with Gasteiger partial charge in [0.05, 0.1) is 25.9 Å². The van der Waals surface area contributed by atoms with Crippen LogP contribution < -0.4 is 20.7 Å². The Bertz CT molecular complexity index is 1190. The average molecular weight is 540 g/mol. The summed E-state index contributed by atoms with van der Waals surface area (Å²) in [5, 5.41) is 18.8. The number of amides is 3. The number of aromatic amines is 1. The summed E-state index contributed by atoms with van der Waals surface area (Å²) in [7, 11) is 1.61. The van der Waals surface area contributed by atoms with Crippen molar-refractivity contribution in [2.75, 3.05) is 40.1 Å². The quantitative estimate of drug-likeness (QED) is 0.253. The van der Waals surface area contributed by atoms with E-state index in [9.17, 15) is 19.6 Å². The van der Waals surface area contributed by atoms with Crippen LogP contribution in [-0.4, -0.2) is 74.9 Å². The fourth-order valence-electron chi connectivity index (χ4n) is 4.75. The van der Waals surface area contributed by atoms with E-state index < -0.39 is 23.9 Å². The van der Waals surface area contributed by atoms with E-state index in [2.05, 4.69) is 27.0 Å². The molecule has 2 heterocycles. The zero-order valence-corrected chi connectivity index (χ0v) is 22.3. The van der Waals surface area contributed by atoms with Crippen molar-refractivity contribution < 1.29 is 28.6 Å². The van der Waals surface area contributed by atoms with Gasteiger partial charge in [-0.1, -0.05) is 18.9 Å². The number of H-pyrrole nitrogens is 1. The molecule has 0 radical (unpaired) electrons. The minimum Gasteiger partial charge on any atom is -0.490 e. The first-order valence-corrected chi connectivity index (χ1v) is 13.6. The third-order valence-electron chi connectivity index (χ3n) is 7.07. The molecule has 2 aliphatic rings. The standard InChI is InChI=1S/C28H37N5O6/c1-37-10-11-38-12-13-39-25-6-2-5-22-21(25)16-24(32-22)28(36)33-23(14-18-7-8-18)27(35)31-20(17-29)15-19-4-3-9-30-26(19)34/h2,5-6,16,18-20,23,32H,3-4,7-15H2,1H3,(H,30,34)(H,31,35)(H,33,36). The molecule has 4 rings (SSSR count). The molecule has 0 spiro atoms. The Labute approximate surface area is 227 Å². The van der Waals surface area contributed by atoms with Crippen LogP contribution in [0.1, 0.15) is 49.0 Å². The zero-order valence-electron chi connectivity index (χ0n) is 22.3. The van der Waals surface area contributed by atoms with Crippen molar-refractivity contribution in [3.63, 3.8) is 0 Å². The van der Waals surface area contributed by atoms with E-state index in [-0.39, 0.29) is 18.2 Å². The number of aromatic nitrogens is 1. The second-order valence-corrected chi connectivity index (χ2v) is 10.1. The number of carbonyl (C=O) groups excluding carboxylic acids is 3. The van der Waals surface area contributed by atoms with Gasteiger partial charge < -0.3 is 35.1 Å². The summed E-state index contributed by atoms with van der Waals surface area (Å²) in [6, 6.07) is 7.72. The molecule has 210 valence electrons. The third-order valence-corrected chi connectivity index (χ3v) is 7.07. The Hall–Kier alpha value is -3.62. The van der Waals surface area contributed by atoms with Gasteiger partial charge in [0.2, 0.25) is 11.8 Å². The van der Waals surface area contributed by atoms with Crippen molar-refractivity contribution in [3.05, 3.63) is 30.0 Å². The van der Waals surface area contributed by atoms with E-state index in [1.807, 2.05) is 18.2 Å². The Morgan fingerprint density at radius 3 is 2.69 bits per heavy atom. The molecule has 3 unspecified atom stereocenters. The molecule has 1 aromatic heterocycles. The molecular formula is C28H37N5O6. The van der Waals surface area contributed by atoms with Crippen molar-refractivity contribution in [1.29, 1.82) is 5.26 Å². The molecule has 11 heteroatoms. The monoisotopic (exact) mass is 539 g/mol. The normalized spacial score (nSPS) is 18.6. The number of ether oxygens (including phenoxy) is 3. The predicted molar refractivity (Wildman–Crippen MR) is 143 cm³/mol. The lowest BCUT2D eigenvalue weighted by Crippen LogP contribution is -2.50. The lowest BCUT2D eigenvalue weighted by molar-refractivity contribution is -0.128. The Morgan fingerprint density at radius 1 is 1.13 bits per heavy atom. The largest absolute Gasteiger partial charge is 0.490 e. The van der Waals surface area contributed by atoms with Gasteiger partial charge in [-0.3, -0.25) is 14.4 Å². The first-order valence-electron chi connectivity index (χ1n) is 13.6. The first kappa shape index (κ1) is 28.4. The van der Waals surface area contributed by atoms with Crippen LogP contribution in [0.5, 0.6) is 5.75 Å². The maximum atomic E-state index is 13.2. The van der Waals surface area contributed by atoms with Gasteiger partial charge in [-0.25, -0.2) is 0 Å². The molecule has 1 saturated carbocycles.